The van der Waals surface area contributed by atoms with Gasteiger partial charge >= 0.3 is 6.09 Å². The second kappa shape index (κ2) is 5.88. The fraction of sp³-hybridized carbons (Fsp3) is 0.0556. The molecule has 3 N–H and O–H groups in total. The summed E-state index contributed by atoms with van der Waals surface area (Å²) < 4.78 is 5.27. The maximum absolute atomic E-state index is 11.0. The normalized spacial score (nSPS) is 10.5. The van der Waals surface area contributed by atoms with Crippen LogP contribution in [-0.2, 0) is 0 Å². The first-order chi connectivity index (χ1) is 11.1. The number of anilines is 1. The van der Waals surface area contributed by atoms with E-state index in [1.807, 2.05) is 36.5 Å². The predicted molar refractivity (Wildman–Crippen MR) is 91.1 cm³/mol. The van der Waals surface area contributed by atoms with Crippen LogP contribution in [0.25, 0.3) is 16.5 Å². The van der Waals surface area contributed by atoms with Crippen LogP contribution in [0.2, 0.25) is 0 Å². The lowest BCUT2D eigenvalue weighted by Crippen LogP contribution is -2.09. The molecule has 0 aliphatic rings. The number of carboxylic acid groups (broad SMARTS) is 1. The second-order valence-corrected chi connectivity index (χ2v) is 5.07. The predicted octanol–water partition coefficient (Wildman–Crippen LogP) is 4.33. The zero-order chi connectivity index (χ0) is 16.4. The summed E-state index contributed by atoms with van der Waals surface area (Å²) in [6.45, 7) is 4.15. The number of aromatic amines is 1. The number of methoxy groups -OCH3 is 1. The van der Waals surface area contributed by atoms with Gasteiger partial charge < -0.3 is 14.8 Å². The van der Waals surface area contributed by atoms with Crippen LogP contribution in [-0.4, -0.2) is 23.3 Å². The molecular formula is C18H16N2O3. The van der Waals surface area contributed by atoms with E-state index in [9.17, 15) is 4.79 Å². The number of nitrogens with one attached hydrogen (secondary N) is 2. The molecular weight excluding hydrogens is 292 g/mol. The highest BCUT2D eigenvalue weighted by Gasteiger charge is 2.13. The molecule has 0 atom stereocenters. The first-order valence-corrected chi connectivity index (χ1v) is 7.04. The number of hydrogen-bond donors (Lipinski definition) is 3. The smallest absolute Gasteiger partial charge is 0.409 e. The summed E-state index contributed by atoms with van der Waals surface area (Å²) in [5.41, 5.74) is 3.83. The number of hydrogen-bond acceptors (Lipinski definition) is 2. The third-order valence-corrected chi connectivity index (χ3v) is 3.71. The van der Waals surface area contributed by atoms with Crippen LogP contribution in [0.1, 0.15) is 11.1 Å². The van der Waals surface area contributed by atoms with Crippen LogP contribution in [0.5, 0.6) is 5.75 Å². The van der Waals surface area contributed by atoms with Gasteiger partial charge in [0, 0.05) is 28.2 Å². The molecule has 0 aliphatic carbocycles. The highest BCUT2D eigenvalue weighted by Crippen LogP contribution is 2.33. The van der Waals surface area contributed by atoms with E-state index in [0.717, 1.165) is 33.4 Å². The van der Waals surface area contributed by atoms with E-state index in [4.69, 9.17) is 9.84 Å². The maximum atomic E-state index is 11.0. The number of carbonyl (C=O) groups is 1. The molecule has 0 aliphatic heterocycles. The molecule has 23 heavy (non-hydrogen) atoms. The minimum Gasteiger partial charge on any atom is -0.497 e. The fourth-order valence-electron chi connectivity index (χ4n) is 2.59. The zero-order valence-electron chi connectivity index (χ0n) is 12.6. The Bertz CT molecular complexity index is 896. The van der Waals surface area contributed by atoms with Gasteiger partial charge in [0.15, 0.2) is 0 Å². The summed E-state index contributed by atoms with van der Waals surface area (Å²) in [6, 6.07) is 12.9. The quantitative estimate of drug-likeness (QED) is 0.671. The van der Waals surface area contributed by atoms with Gasteiger partial charge in [-0.25, -0.2) is 4.79 Å². The molecule has 1 amide bonds. The minimum absolute atomic E-state index is 0.502. The van der Waals surface area contributed by atoms with E-state index in [0.29, 0.717) is 5.69 Å². The van der Waals surface area contributed by atoms with Crippen molar-refractivity contribution < 1.29 is 14.6 Å². The van der Waals surface area contributed by atoms with Crippen LogP contribution < -0.4 is 10.1 Å². The molecule has 0 bridgehead atoms. The summed E-state index contributed by atoms with van der Waals surface area (Å²) in [5, 5.41) is 12.4. The van der Waals surface area contributed by atoms with Gasteiger partial charge in [0.2, 0.25) is 0 Å². The number of ether oxygens (including phenoxy) is 1. The molecule has 0 unspecified atom stereocenters. The number of amides is 1. The molecule has 3 rings (SSSR count). The highest BCUT2D eigenvalue weighted by atomic mass is 16.5. The summed E-state index contributed by atoms with van der Waals surface area (Å²) in [6.07, 6.45) is 0.759. The monoisotopic (exact) mass is 308 g/mol. The van der Waals surface area contributed by atoms with E-state index in [1.165, 1.54) is 0 Å². The van der Waals surface area contributed by atoms with Crippen LogP contribution in [0.4, 0.5) is 10.5 Å². The van der Waals surface area contributed by atoms with Crippen molar-refractivity contribution in [3.8, 4) is 5.75 Å². The van der Waals surface area contributed by atoms with Gasteiger partial charge in [-0.15, -0.1) is 0 Å². The lowest BCUT2D eigenvalue weighted by molar-refractivity contribution is 0.209. The Hall–Kier alpha value is -3.21. The third-order valence-electron chi connectivity index (χ3n) is 3.71. The van der Waals surface area contributed by atoms with Gasteiger partial charge in [0.25, 0.3) is 0 Å². The molecule has 0 saturated heterocycles. The summed E-state index contributed by atoms with van der Waals surface area (Å²) in [7, 11) is 1.62. The van der Waals surface area contributed by atoms with Gasteiger partial charge in [-0.2, -0.15) is 0 Å². The molecule has 0 spiro atoms. The molecule has 5 nitrogen and oxygen atoms in total. The van der Waals surface area contributed by atoms with Crippen molar-refractivity contribution in [2.45, 2.75) is 0 Å². The number of benzene rings is 2. The van der Waals surface area contributed by atoms with Gasteiger partial charge in [-0.3, -0.25) is 5.32 Å². The van der Waals surface area contributed by atoms with Gasteiger partial charge in [-0.05, 0) is 29.8 Å². The zero-order valence-corrected chi connectivity index (χ0v) is 12.6. The Morgan fingerprint density at radius 3 is 2.74 bits per heavy atom. The molecule has 2 aromatic carbocycles. The van der Waals surface area contributed by atoms with E-state index in [1.54, 1.807) is 19.2 Å². The molecule has 116 valence electrons. The first-order valence-electron chi connectivity index (χ1n) is 7.04. The van der Waals surface area contributed by atoms with Crippen molar-refractivity contribution in [3.05, 3.63) is 66.4 Å². The Morgan fingerprint density at radius 2 is 2.00 bits per heavy atom. The fourth-order valence-corrected chi connectivity index (χ4v) is 2.59. The number of rotatable bonds is 4. The Morgan fingerprint density at radius 1 is 1.22 bits per heavy atom. The number of H-pyrrole nitrogens is 1. The van der Waals surface area contributed by atoms with Gasteiger partial charge in [-0.1, -0.05) is 24.8 Å². The van der Waals surface area contributed by atoms with Crippen LogP contribution in [0.15, 0.2) is 55.2 Å². The lowest BCUT2D eigenvalue weighted by atomic mass is 9.97. The highest BCUT2D eigenvalue weighted by molar-refractivity contribution is 6.00. The van der Waals surface area contributed by atoms with Crippen molar-refractivity contribution in [1.29, 1.82) is 0 Å². The topological polar surface area (TPSA) is 74.4 Å². The summed E-state index contributed by atoms with van der Waals surface area (Å²) in [5.74, 6) is 0.753. The molecule has 0 saturated carbocycles. The Kier molecular flexibility index (Phi) is 3.76. The molecule has 5 heteroatoms. The lowest BCUT2D eigenvalue weighted by Gasteiger charge is -2.11. The van der Waals surface area contributed by atoms with E-state index in [2.05, 4.69) is 16.9 Å². The molecule has 1 aromatic heterocycles. The van der Waals surface area contributed by atoms with Crippen molar-refractivity contribution in [2.75, 3.05) is 12.4 Å². The summed E-state index contributed by atoms with van der Waals surface area (Å²) >= 11 is 0. The first kappa shape index (κ1) is 14.7. The standard InChI is InChI=1S/C18H16N2O3/c1-11(13-5-3-4-6-17(13)20-18(21)22)15-10-19-16-8-7-12(23-2)9-14(15)16/h3-10,19-20H,1H2,2H3,(H,21,22). The van der Waals surface area contributed by atoms with Crippen molar-refractivity contribution >= 4 is 28.3 Å². The number of aromatic nitrogens is 1. The molecule has 0 radical (unpaired) electrons. The van der Waals surface area contributed by atoms with Crippen LogP contribution >= 0.6 is 0 Å². The van der Waals surface area contributed by atoms with Crippen molar-refractivity contribution in [2.24, 2.45) is 0 Å². The summed E-state index contributed by atoms with van der Waals surface area (Å²) in [4.78, 5) is 14.2. The van der Waals surface area contributed by atoms with Gasteiger partial charge in [0.1, 0.15) is 5.75 Å². The Balaban J connectivity index is 2.09. The largest absolute Gasteiger partial charge is 0.497 e. The average molecular weight is 308 g/mol. The Labute approximate surface area is 133 Å². The van der Waals surface area contributed by atoms with E-state index in [-0.39, 0.29) is 0 Å². The maximum Gasteiger partial charge on any atom is 0.409 e. The van der Waals surface area contributed by atoms with Crippen molar-refractivity contribution in [1.82, 2.24) is 4.98 Å². The van der Waals surface area contributed by atoms with Crippen LogP contribution in [0, 0.1) is 0 Å². The van der Waals surface area contributed by atoms with E-state index >= 15 is 0 Å². The number of fused-ring (bicyclic) bond motifs is 1. The molecule has 0 fully saturated rings. The number of para-hydroxylation sites is 1. The van der Waals surface area contributed by atoms with Crippen molar-refractivity contribution in [3.63, 3.8) is 0 Å². The molecule has 1 heterocycles. The minimum atomic E-state index is -1.11. The second-order valence-electron chi connectivity index (χ2n) is 5.07. The van der Waals surface area contributed by atoms with Gasteiger partial charge in [0.05, 0.1) is 12.8 Å². The SMILES string of the molecule is C=C(c1ccccc1NC(=O)O)c1c[nH]c2ccc(OC)cc12. The average Bonchev–Trinajstić information content (AvgIpc) is 2.97. The molecule has 3 aromatic rings. The van der Waals surface area contributed by atoms with Crippen LogP contribution in [0.3, 0.4) is 0 Å². The third kappa shape index (κ3) is 2.76. The van der Waals surface area contributed by atoms with E-state index < -0.39 is 6.09 Å².